The predicted molar refractivity (Wildman–Crippen MR) is 80.7 cm³/mol. The van der Waals surface area contributed by atoms with Gasteiger partial charge < -0.3 is 5.32 Å². The van der Waals surface area contributed by atoms with E-state index in [-0.39, 0.29) is 11.3 Å². The van der Waals surface area contributed by atoms with Gasteiger partial charge in [0.05, 0.1) is 5.25 Å². The molecule has 0 spiro atoms. The molecule has 0 aromatic rings. The Labute approximate surface area is 119 Å². The second-order valence-corrected chi connectivity index (χ2v) is 8.32. The van der Waals surface area contributed by atoms with Gasteiger partial charge in [-0.3, -0.25) is 0 Å². The second-order valence-electron chi connectivity index (χ2n) is 5.90. The fourth-order valence-corrected chi connectivity index (χ4v) is 4.48. The molecule has 19 heavy (non-hydrogen) atoms. The fraction of sp³-hybridized carbons (Fsp3) is 1.00. The Morgan fingerprint density at radius 3 is 2.53 bits per heavy atom. The van der Waals surface area contributed by atoms with E-state index in [0.29, 0.717) is 12.5 Å². The fourth-order valence-electron chi connectivity index (χ4n) is 2.90. The van der Waals surface area contributed by atoms with Crippen molar-refractivity contribution in [2.45, 2.75) is 64.2 Å². The maximum atomic E-state index is 12.6. The summed E-state index contributed by atoms with van der Waals surface area (Å²) in [7, 11) is -1.42. The molecule has 0 radical (unpaired) electrons. The lowest BCUT2D eigenvalue weighted by molar-refractivity contribution is 0.212. The van der Waals surface area contributed by atoms with Crippen molar-refractivity contribution in [2.24, 2.45) is 5.92 Å². The number of hydrogen-bond donors (Lipinski definition) is 1. The minimum absolute atomic E-state index is 0.187. The molecule has 0 aromatic carbocycles. The highest BCUT2D eigenvalue weighted by Crippen LogP contribution is 2.29. The van der Waals surface area contributed by atoms with Crippen LogP contribution in [0.5, 0.6) is 0 Å². The smallest absolute Gasteiger partial charge is 0.217 e. The first-order valence-electron chi connectivity index (χ1n) is 7.58. The Morgan fingerprint density at radius 2 is 1.95 bits per heavy atom. The number of nitrogens with one attached hydrogen (secondary N) is 1. The van der Waals surface area contributed by atoms with Crippen molar-refractivity contribution in [3.63, 3.8) is 0 Å². The van der Waals surface area contributed by atoms with E-state index in [4.69, 9.17) is 0 Å². The lowest BCUT2D eigenvalue weighted by Gasteiger charge is -2.36. The molecule has 0 saturated heterocycles. The molecule has 0 aromatic heterocycles. The molecule has 0 bridgehead atoms. The average Bonchev–Trinajstić information content (AvgIpc) is 2.38. The summed E-state index contributed by atoms with van der Waals surface area (Å²) in [6, 6.07) is 0.187. The highest BCUT2D eigenvalue weighted by atomic mass is 32.2. The van der Waals surface area contributed by atoms with Gasteiger partial charge in [0.15, 0.2) is 0 Å². The zero-order valence-electron chi connectivity index (χ0n) is 12.9. The normalized spacial score (nSPS) is 26.6. The third kappa shape index (κ3) is 4.43. The summed E-state index contributed by atoms with van der Waals surface area (Å²) in [5, 5.41) is 2.86. The topological polar surface area (TPSA) is 49.4 Å². The van der Waals surface area contributed by atoms with E-state index in [1.165, 1.54) is 6.42 Å². The van der Waals surface area contributed by atoms with Crippen LogP contribution in [0.4, 0.5) is 0 Å². The number of nitrogens with zero attached hydrogens (tertiary/aromatic N) is 1. The van der Waals surface area contributed by atoms with Gasteiger partial charge in [0.2, 0.25) is 10.0 Å². The molecule has 1 fully saturated rings. The average molecular weight is 290 g/mol. The summed E-state index contributed by atoms with van der Waals surface area (Å²) in [6.45, 7) is 7.49. The molecule has 1 aliphatic rings. The van der Waals surface area contributed by atoms with Crippen LogP contribution in [-0.2, 0) is 10.0 Å². The van der Waals surface area contributed by atoms with Gasteiger partial charge in [0.1, 0.15) is 0 Å². The maximum Gasteiger partial charge on any atom is 0.217 e. The van der Waals surface area contributed by atoms with Crippen LogP contribution in [0.2, 0.25) is 0 Å². The van der Waals surface area contributed by atoms with Gasteiger partial charge in [-0.15, -0.1) is 0 Å². The van der Waals surface area contributed by atoms with Crippen molar-refractivity contribution in [1.29, 1.82) is 0 Å². The molecule has 1 rings (SSSR count). The highest BCUT2D eigenvalue weighted by Gasteiger charge is 2.34. The van der Waals surface area contributed by atoms with E-state index in [1.807, 2.05) is 6.92 Å². The molecule has 0 aliphatic heterocycles. The van der Waals surface area contributed by atoms with Gasteiger partial charge in [-0.2, -0.15) is 0 Å². The van der Waals surface area contributed by atoms with Crippen molar-refractivity contribution in [2.75, 3.05) is 20.1 Å². The first-order valence-corrected chi connectivity index (χ1v) is 9.09. The molecule has 4 nitrogen and oxygen atoms in total. The monoisotopic (exact) mass is 290 g/mol. The molecule has 114 valence electrons. The predicted octanol–water partition coefficient (Wildman–Crippen LogP) is 2.21. The lowest BCUT2D eigenvalue weighted by Crippen LogP contribution is -2.48. The van der Waals surface area contributed by atoms with Gasteiger partial charge in [0, 0.05) is 19.6 Å². The molecular weight excluding hydrogens is 260 g/mol. The quantitative estimate of drug-likeness (QED) is 0.731. The van der Waals surface area contributed by atoms with Gasteiger partial charge in [-0.05, 0) is 38.6 Å². The summed E-state index contributed by atoms with van der Waals surface area (Å²) < 4.78 is 26.8. The summed E-state index contributed by atoms with van der Waals surface area (Å²) in [6.07, 6.45) is 5.57. The molecule has 1 N–H and O–H groups in total. The largest absolute Gasteiger partial charge is 0.315 e. The zero-order valence-corrected chi connectivity index (χ0v) is 13.7. The zero-order chi connectivity index (χ0) is 14.5. The Hall–Kier alpha value is -0.130. The van der Waals surface area contributed by atoms with Crippen molar-refractivity contribution >= 4 is 10.0 Å². The number of sulfonamides is 1. The van der Waals surface area contributed by atoms with Crippen LogP contribution in [0, 0.1) is 5.92 Å². The van der Waals surface area contributed by atoms with Gasteiger partial charge in [0.25, 0.3) is 0 Å². The van der Waals surface area contributed by atoms with E-state index < -0.39 is 10.0 Å². The Kier molecular flexibility index (Phi) is 6.77. The molecule has 5 heteroatoms. The first-order chi connectivity index (χ1) is 8.91. The number of hydrogen-bond acceptors (Lipinski definition) is 3. The molecule has 0 heterocycles. The van der Waals surface area contributed by atoms with E-state index in [1.54, 1.807) is 11.4 Å². The molecule has 1 aliphatic carbocycles. The molecule has 3 atom stereocenters. The standard InChI is InChI=1S/C14H30N2O2S/c1-5-10-15-11-13(3)19(17,18)16(4)14-9-7-6-8-12(14)2/h12-15H,5-11H2,1-4H3. The maximum absolute atomic E-state index is 12.6. The van der Waals surface area contributed by atoms with Crippen molar-refractivity contribution in [3.8, 4) is 0 Å². The molecular formula is C14H30N2O2S. The lowest BCUT2D eigenvalue weighted by atomic mass is 9.86. The minimum atomic E-state index is -3.18. The van der Waals surface area contributed by atoms with Crippen LogP contribution in [0.3, 0.4) is 0 Å². The number of rotatable bonds is 7. The Bertz CT molecular complexity index is 356. The summed E-state index contributed by atoms with van der Waals surface area (Å²) in [5.74, 6) is 0.476. The Morgan fingerprint density at radius 1 is 1.32 bits per heavy atom. The third-order valence-electron chi connectivity index (χ3n) is 4.30. The van der Waals surface area contributed by atoms with Crippen LogP contribution in [0.1, 0.15) is 52.9 Å². The van der Waals surface area contributed by atoms with Crippen LogP contribution in [0.15, 0.2) is 0 Å². The summed E-state index contributed by atoms with van der Waals surface area (Å²) in [4.78, 5) is 0. The van der Waals surface area contributed by atoms with Gasteiger partial charge in [-0.25, -0.2) is 12.7 Å². The highest BCUT2D eigenvalue weighted by molar-refractivity contribution is 7.89. The van der Waals surface area contributed by atoms with Crippen LogP contribution in [0.25, 0.3) is 0 Å². The summed E-state index contributed by atoms with van der Waals surface area (Å²) in [5.41, 5.74) is 0. The Balaban J connectivity index is 2.64. The molecule has 3 unspecified atom stereocenters. The molecule has 1 saturated carbocycles. The van der Waals surface area contributed by atoms with E-state index >= 15 is 0 Å². The SMILES string of the molecule is CCCNCC(C)S(=O)(=O)N(C)C1CCCCC1C. The second kappa shape index (κ2) is 7.60. The van der Waals surface area contributed by atoms with Crippen LogP contribution < -0.4 is 5.32 Å². The van der Waals surface area contributed by atoms with Gasteiger partial charge >= 0.3 is 0 Å². The summed E-state index contributed by atoms with van der Waals surface area (Å²) >= 11 is 0. The first kappa shape index (κ1) is 16.9. The van der Waals surface area contributed by atoms with Crippen LogP contribution >= 0.6 is 0 Å². The van der Waals surface area contributed by atoms with Crippen molar-refractivity contribution in [3.05, 3.63) is 0 Å². The third-order valence-corrected chi connectivity index (χ3v) is 6.56. The minimum Gasteiger partial charge on any atom is -0.315 e. The van der Waals surface area contributed by atoms with Crippen molar-refractivity contribution in [1.82, 2.24) is 9.62 Å². The van der Waals surface area contributed by atoms with Gasteiger partial charge in [-0.1, -0.05) is 26.7 Å². The van der Waals surface area contributed by atoms with Crippen LogP contribution in [-0.4, -0.2) is 44.2 Å². The molecule has 0 amide bonds. The van der Waals surface area contributed by atoms with E-state index in [2.05, 4.69) is 19.2 Å². The van der Waals surface area contributed by atoms with Crippen molar-refractivity contribution < 1.29 is 8.42 Å². The van der Waals surface area contributed by atoms with E-state index in [0.717, 1.165) is 32.2 Å². The van der Waals surface area contributed by atoms with E-state index in [9.17, 15) is 8.42 Å².